The molecule has 0 fully saturated rings. The van der Waals surface area contributed by atoms with Crippen molar-refractivity contribution in [3.63, 3.8) is 0 Å². The highest BCUT2D eigenvalue weighted by molar-refractivity contribution is 5.82. The molecule has 1 heterocycles. The first kappa shape index (κ1) is 14.0. The minimum atomic E-state index is 0.415. The summed E-state index contributed by atoms with van der Waals surface area (Å²) < 4.78 is 0. The van der Waals surface area contributed by atoms with Crippen molar-refractivity contribution in [2.45, 2.75) is 39.2 Å². The summed E-state index contributed by atoms with van der Waals surface area (Å²) in [4.78, 5) is 4.45. The van der Waals surface area contributed by atoms with Gasteiger partial charge in [0.1, 0.15) is 0 Å². The zero-order valence-corrected chi connectivity index (χ0v) is 12.2. The van der Waals surface area contributed by atoms with Crippen molar-refractivity contribution in [3.05, 3.63) is 42.1 Å². The van der Waals surface area contributed by atoms with Crippen molar-refractivity contribution < 1.29 is 0 Å². The van der Waals surface area contributed by atoms with Crippen molar-refractivity contribution in [2.24, 2.45) is 5.92 Å². The van der Waals surface area contributed by atoms with Gasteiger partial charge in [0.2, 0.25) is 0 Å². The number of aromatic nitrogens is 1. The van der Waals surface area contributed by atoms with Gasteiger partial charge in [-0.3, -0.25) is 4.98 Å². The number of pyridine rings is 1. The molecule has 1 aromatic heterocycles. The molecule has 102 valence electrons. The molecular weight excluding hydrogens is 232 g/mol. The first-order valence-electron chi connectivity index (χ1n) is 7.31. The van der Waals surface area contributed by atoms with Crippen LogP contribution in [0.4, 0.5) is 0 Å². The summed E-state index contributed by atoms with van der Waals surface area (Å²) in [5.41, 5.74) is 2.46. The Bertz CT molecular complexity index is 512. The largest absolute Gasteiger partial charge is 0.313 e. The number of fused-ring (bicyclic) bond motifs is 1. The van der Waals surface area contributed by atoms with E-state index < -0.39 is 0 Å². The Labute approximate surface area is 116 Å². The van der Waals surface area contributed by atoms with Gasteiger partial charge in [0, 0.05) is 17.6 Å². The molecule has 2 aromatic rings. The third kappa shape index (κ3) is 3.13. The van der Waals surface area contributed by atoms with Crippen LogP contribution in [0.3, 0.4) is 0 Å². The van der Waals surface area contributed by atoms with Crippen LogP contribution in [0, 0.1) is 5.92 Å². The zero-order valence-electron chi connectivity index (χ0n) is 12.2. The van der Waals surface area contributed by atoms with Crippen LogP contribution in [0.15, 0.2) is 36.5 Å². The van der Waals surface area contributed by atoms with E-state index >= 15 is 0 Å². The summed E-state index contributed by atoms with van der Waals surface area (Å²) >= 11 is 0. The highest BCUT2D eigenvalue weighted by atomic mass is 14.9. The summed E-state index contributed by atoms with van der Waals surface area (Å²) in [6.07, 6.45) is 5.55. The summed E-state index contributed by atoms with van der Waals surface area (Å²) in [6, 6.07) is 11.0. The van der Waals surface area contributed by atoms with Crippen LogP contribution in [0.1, 0.15) is 44.7 Å². The van der Waals surface area contributed by atoms with E-state index in [0.29, 0.717) is 6.04 Å². The van der Waals surface area contributed by atoms with Gasteiger partial charge in [-0.1, -0.05) is 44.9 Å². The molecule has 0 aliphatic carbocycles. The van der Waals surface area contributed by atoms with Crippen molar-refractivity contribution in [1.29, 1.82) is 0 Å². The van der Waals surface area contributed by atoms with Crippen LogP contribution in [0.25, 0.3) is 10.9 Å². The van der Waals surface area contributed by atoms with E-state index in [1.807, 2.05) is 12.3 Å². The molecule has 0 aliphatic rings. The van der Waals surface area contributed by atoms with Crippen molar-refractivity contribution in [3.8, 4) is 0 Å². The molecule has 0 saturated heterocycles. The van der Waals surface area contributed by atoms with Gasteiger partial charge in [-0.15, -0.1) is 0 Å². The van der Waals surface area contributed by atoms with Gasteiger partial charge in [0.05, 0.1) is 5.52 Å². The molecule has 0 aliphatic heterocycles. The predicted octanol–water partition coefficient (Wildman–Crippen LogP) is 4.32. The molecule has 1 unspecified atom stereocenters. The standard InChI is InChI=1S/C17H24N2/c1-4-13(5-2)12-17(18-3)15-8-6-10-16-14(15)9-7-11-19-16/h6-11,13,17-18H,4-5,12H2,1-3H3. The lowest BCUT2D eigenvalue weighted by molar-refractivity contribution is 0.387. The molecule has 1 N–H and O–H groups in total. The van der Waals surface area contributed by atoms with Crippen LogP contribution < -0.4 is 5.32 Å². The highest BCUT2D eigenvalue weighted by Crippen LogP contribution is 2.29. The first-order chi connectivity index (χ1) is 9.30. The second kappa shape index (κ2) is 6.67. The highest BCUT2D eigenvalue weighted by Gasteiger charge is 2.16. The number of nitrogens with zero attached hydrogens (tertiary/aromatic N) is 1. The van der Waals surface area contributed by atoms with E-state index in [2.05, 4.69) is 55.5 Å². The quantitative estimate of drug-likeness (QED) is 0.832. The molecule has 0 radical (unpaired) electrons. The van der Waals surface area contributed by atoms with Gasteiger partial charge >= 0.3 is 0 Å². The average molecular weight is 256 g/mol. The Morgan fingerprint density at radius 2 is 1.89 bits per heavy atom. The smallest absolute Gasteiger partial charge is 0.0705 e. The second-order valence-corrected chi connectivity index (χ2v) is 5.18. The molecule has 0 spiro atoms. The Morgan fingerprint density at radius 3 is 2.58 bits per heavy atom. The van der Waals surface area contributed by atoms with E-state index in [9.17, 15) is 0 Å². The van der Waals surface area contributed by atoms with Crippen LogP contribution >= 0.6 is 0 Å². The Morgan fingerprint density at radius 1 is 1.11 bits per heavy atom. The van der Waals surface area contributed by atoms with Crippen LogP contribution in [-0.2, 0) is 0 Å². The van der Waals surface area contributed by atoms with Gasteiger partial charge in [-0.25, -0.2) is 0 Å². The van der Waals surface area contributed by atoms with Crippen LogP contribution in [-0.4, -0.2) is 12.0 Å². The fraction of sp³-hybridized carbons (Fsp3) is 0.471. The topological polar surface area (TPSA) is 24.9 Å². The van der Waals surface area contributed by atoms with Gasteiger partial charge in [0.25, 0.3) is 0 Å². The van der Waals surface area contributed by atoms with E-state index in [0.717, 1.165) is 11.4 Å². The second-order valence-electron chi connectivity index (χ2n) is 5.18. The maximum Gasteiger partial charge on any atom is 0.0705 e. The maximum atomic E-state index is 4.45. The van der Waals surface area contributed by atoms with Gasteiger partial charge in [0.15, 0.2) is 0 Å². The molecule has 19 heavy (non-hydrogen) atoms. The normalized spacial score (nSPS) is 13.1. The van der Waals surface area contributed by atoms with Crippen molar-refractivity contribution >= 4 is 10.9 Å². The van der Waals surface area contributed by atoms with Gasteiger partial charge < -0.3 is 5.32 Å². The summed E-state index contributed by atoms with van der Waals surface area (Å²) in [5, 5.41) is 4.76. The van der Waals surface area contributed by atoms with Crippen molar-refractivity contribution in [2.75, 3.05) is 7.05 Å². The molecule has 2 heteroatoms. The van der Waals surface area contributed by atoms with E-state index in [1.54, 1.807) is 0 Å². The molecule has 0 bridgehead atoms. The van der Waals surface area contributed by atoms with Crippen LogP contribution in [0.2, 0.25) is 0 Å². The monoisotopic (exact) mass is 256 g/mol. The summed E-state index contributed by atoms with van der Waals surface area (Å²) in [6.45, 7) is 4.57. The molecule has 1 atom stereocenters. The Hall–Kier alpha value is -1.41. The molecule has 1 aromatic carbocycles. The molecular formula is C17H24N2. The van der Waals surface area contributed by atoms with Crippen LogP contribution in [0.5, 0.6) is 0 Å². The fourth-order valence-electron chi connectivity index (χ4n) is 2.79. The lowest BCUT2D eigenvalue weighted by atomic mass is 9.89. The predicted molar refractivity (Wildman–Crippen MR) is 82.2 cm³/mol. The minimum Gasteiger partial charge on any atom is -0.313 e. The third-order valence-electron chi connectivity index (χ3n) is 4.13. The Kier molecular flexibility index (Phi) is 4.92. The number of hydrogen-bond donors (Lipinski definition) is 1. The lowest BCUT2D eigenvalue weighted by Crippen LogP contribution is -2.20. The third-order valence-corrected chi connectivity index (χ3v) is 4.13. The first-order valence-corrected chi connectivity index (χ1v) is 7.31. The van der Waals surface area contributed by atoms with E-state index in [-0.39, 0.29) is 0 Å². The van der Waals surface area contributed by atoms with E-state index in [4.69, 9.17) is 0 Å². The number of nitrogens with one attached hydrogen (secondary N) is 1. The molecule has 0 amide bonds. The summed E-state index contributed by atoms with van der Waals surface area (Å²) in [7, 11) is 2.06. The molecule has 0 saturated carbocycles. The number of hydrogen-bond acceptors (Lipinski definition) is 2. The van der Waals surface area contributed by atoms with E-state index in [1.165, 1.54) is 30.2 Å². The van der Waals surface area contributed by atoms with Gasteiger partial charge in [-0.05, 0) is 37.1 Å². The number of benzene rings is 1. The average Bonchev–Trinajstić information content (AvgIpc) is 2.48. The van der Waals surface area contributed by atoms with Gasteiger partial charge in [-0.2, -0.15) is 0 Å². The minimum absolute atomic E-state index is 0.415. The maximum absolute atomic E-state index is 4.45. The fourth-order valence-corrected chi connectivity index (χ4v) is 2.79. The zero-order chi connectivity index (χ0) is 13.7. The Balaban J connectivity index is 2.35. The molecule has 2 rings (SSSR count). The lowest BCUT2D eigenvalue weighted by Gasteiger charge is -2.23. The summed E-state index contributed by atoms with van der Waals surface area (Å²) in [5.74, 6) is 0.782. The number of rotatable bonds is 6. The molecule has 2 nitrogen and oxygen atoms in total. The van der Waals surface area contributed by atoms with Crippen molar-refractivity contribution in [1.82, 2.24) is 10.3 Å². The SMILES string of the molecule is CCC(CC)CC(NC)c1cccc2ncccc12.